The number of rotatable bonds is 45. The molecule has 6 N–H and O–H groups in total. The van der Waals surface area contributed by atoms with Gasteiger partial charge in [0.05, 0.1) is 37.9 Å². The van der Waals surface area contributed by atoms with Gasteiger partial charge in [-0.1, -0.05) is 212 Å². The van der Waals surface area contributed by atoms with Crippen molar-refractivity contribution in [2.45, 2.75) is 250 Å². The van der Waals surface area contributed by atoms with E-state index in [0.717, 1.165) is 44.9 Å². The van der Waals surface area contributed by atoms with Gasteiger partial charge in [-0.3, -0.25) is 13.8 Å². The highest BCUT2D eigenvalue weighted by Gasteiger charge is 2.28. The van der Waals surface area contributed by atoms with Gasteiger partial charge in [-0.2, -0.15) is 0 Å². The molecule has 0 heterocycles. The van der Waals surface area contributed by atoms with E-state index in [2.05, 4.69) is 43.5 Å². The van der Waals surface area contributed by atoms with E-state index in [0.29, 0.717) is 12.8 Å². The first-order valence-corrected chi connectivity index (χ1v) is 25.5. The third-order valence-corrected chi connectivity index (χ3v) is 11.9. The van der Waals surface area contributed by atoms with E-state index in [1.165, 1.54) is 154 Å². The lowest BCUT2D eigenvalue weighted by molar-refractivity contribution is -0.125. The van der Waals surface area contributed by atoms with Crippen molar-refractivity contribution in [1.82, 2.24) is 5.32 Å². The summed E-state index contributed by atoms with van der Waals surface area (Å²) in [7, 11) is -4.38. The summed E-state index contributed by atoms with van der Waals surface area (Å²) in [6.45, 7) is 4.04. The summed E-state index contributed by atoms with van der Waals surface area (Å²) in [6, 6.07) is -0.898. The van der Waals surface area contributed by atoms with Gasteiger partial charge in [0.25, 0.3) is 0 Å². The minimum Gasteiger partial charge on any atom is -0.393 e. The van der Waals surface area contributed by atoms with E-state index >= 15 is 0 Å². The molecule has 0 aromatic carbocycles. The first kappa shape index (κ1) is 55.9. The molecule has 0 spiro atoms. The first-order valence-electron chi connectivity index (χ1n) is 24.0. The van der Waals surface area contributed by atoms with Crippen molar-refractivity contribution in [3.05, 3.63) is 24.3 Å². The molecule has 0 aliphatic carbocycles. The second kappa shape index (κ2) is 43.0. The monoisotopic (exact) mass is 829 g/mol. The van der Waals surface area contributed by atoms with E-state index in [1.807, 2.05) is 0 Å². The van der Waals surface area contributed by atoms with Crippen molar-refractivity contribution in [2.75, 3.05) is 19.8 Å². The van der Waals surface area contributed by atoms with E-state index in [1.54, 1.807) is 0 Å². The number of nitrogens with one attached hydrogen (secondary N) is 1. The minimum absolute atomic E-state index is 0.0592. The predicted octanol–water partition coefficient (Wildman–Crippen LogP) is 12.7. The van der Waals surface area contributed by atoms with Crippen molar-refractivity contribution >= 4 is 13.7 Å². The highest BCUT2D eigenvalue weighted by Crippen LogP contribution is 2.43. The molecule has 57 heavy (non-hydrogen) atoms. The summed E-state index contributed by atoms with van der Waals surface area (Å²) in [5, 5.41) is 24.3. The number of amides is 1. The van der Waals surface area contributed by atoms with E-state index in [-0.39, 0.29) is 26.2 Å². The molecule has 0 bridgehead atoms. The molecule has 4 unspecified atom stereocenters. The average Bonchev–Trinajstić information content (AvgIpc) is 3.19. The van der Waals surface area contributed by atoms with Crippen LogP contribution in [0.4, 0.5) is 0 Å². The van der Waals surface area contributed by atoms with Crippen LogP contribution in [0, 0.1) is 0 Å². The number of nitrogens with two attached hydrogens (primary N) is 1. The molecule has 0 aliphatic rings. The number of allylic oxidation sites excluding steroid dienone is 4. The Balaban J connectivity index is 4.20. The fraction of sp³-hybridized carbons (Fsp3) is 0.894. The summed E-state index contributed by atoms with van der Waals surface area (Å²) in [4.78, 5) is 22.9. The molecule has 0 saturated carbocycles. The molecule has 338 valence electrons. The van der Waals surface area contributed by atoms with Gasteiger partial charge in [-0.25, -0.2) is 4.57 Å². The number of hydrogen-bond donors (Lipinski definition) is 5. The van der Waals surface area contributed by atoms with Gasteiger partial charge in [-0.15, -0.1) is 0 Å². The Kier molecular flexibility index (Phi) is 42.2. The highest BCUT2D eigenvalue weighted by atomic mass is 31.2. The Bertz CT molecular complexity index is 966. The Hall–Kier alpha value is -1.06. The maximum absolute atomic E-state index is 12.9. The fourth-order valence-electron chi connectivity index (χ4n) is 7.23. The number of phosphoric acid groups is 1. The zero-order valence-corrected chi connectivity index (χ0v) is 38.1. The van der Waals surface area contributed by atoms with Crippen LogP contribution in [0.5, 0.6) is 0 Å². The van der Waals surface area contributed by atoms with Crippen LogP contribution in [-0.4, -0.2) is 59.0 Å². The van der Waals surface area contributed by atoms with Gasteiger partial charge in [0.1, 0.15) is 0 Å². The molecule has 1 amide bonds. The molecule has 0 aromatic heterocycles. The number of unbranched alkanes of at least 4 members (excludes halogenated alkanes) is 28. The van der Waals surface area contributed by atoms with Gasteiger partial charge in [0, 0.05) is 6.54 Å². The number of carbonyl (C=O) groups is 1. The Morgan fingerprint density at radius 1 is 0.596 bits per heavy atom. The molecule has 0 saturated heterocycles. The van der Waals surface area contributed by atoms with Crippen LogP contribution < -0.4 is 11.1 Å². The van der Waals surface area contributed by atoms with Gasteiger partial charge in [0.15, 0.2) is 0 Å². The summed E-state index contributed by atoms with van der Waals surface area (Å²) >= 11 is 0. The third-order valence-electron chi connectivity index (χ3n) is 10.9. The predicted molar refractivity (Wildman–Crippen MR) is 241 cm³/mol. The smallest absolute Gasteiger partial charge is 0.393 e. The van der Waals surface area contributed by atoms with Crippen molar-refractivity contribution < 1.29 is 33.5 Å². The molecule has 0 aromatic rings. The van der Waals surface area contributed by atoms with E-state index in [9.17, 15) is 24.5 Å². The van der Waals surface area contributed by atoms with Crippen LogP contribution in [0.1, 0.15) is 232 Å². The molecule has 9 nitrogen and oxygen atoms in total. The van der Waals surface area contributed by atoms with E-state index in [4.69, 9.17) is 14.8 Å². The average molecular weight is 829 g/mol. The van der Waals surface area contributed by atoms with Crippen molar-refractivity contribution in [2.24, 2.45) is 5.73 Å². The largest absolute Gasteiger partial charge is 0.472 e. The van der Waals surface area contributed by atoms with Gasteiger partial charge in [0.2, 0.25) is 5.91 Å². The number of phosphoric ester groups is 1. The maximum atomic E-state index is 12.9. The maximum Gasteiger partial charge on any atom is 0.472 e. The van der Waals surface area contributed by atoms with E-state index < -0.39 is 32.0 Å². The normalized spacial score (nSPS) is 14.7. The Morgan fingerprint density at radius 2 is 0.982 bits per heavy atom. The molecule has 0 fully saturated rings. The zero-order valence-electron chi connectivity index (χ0n) is 37.2. The summed E-state index contributed by atoms with van der Waals surface area (Å²) in [6.07, 6.45) is 46.4. The lowest BCUT2D eigenvalue weighted by atomic mass is 10.0. The summed E-state index contributed by atoms with van der Waals surface area (Å²) in [5.41, 5.74) is 5.38. The number of aliphatic hydroxyl groups is 2. The van der Waals surface area contributed by atoms with Crippen LogP contribution in [0.3, 0.4) is 0 Å². The third kappa shape index (κ3) is 41.5. The van der Waals surface area contributed by atoms with Crippen LogP contribution in [-0.2, 0) is 18.4 Å². The number of aliphatic hydroxyl groups excluding tert-OH is 2. The van der Waals surface area contributed by atoms with Crippen LogP contribution in [0.25, 0.3) is 0 Å². The highest BCUT2D eigenvalue weighted by molar-refractivity contribution is 7.47. The zero-order chi connectivity index (χ0) is 41.9. The molecule has 0 rings (SSSR count). The van der Waals surface area contributed by atoms with Gasteiger partial charge >= 0.3 is 7.82 Å². The summed E-state index contributed by atoms with van der Waals surface area (Å²) < 4.78 is 22.2. The standard InChI is InChI=1S/C47H93N2O7P/c1-3-5-7-9-11-13-15-17-19-21-23-25-27-29-31-33-35-37-39-46(51)45(43-56-57(53,54)55-41-40-48)49-47(52)42-44(50)38-36-34-32-30-28-26-24-22-20-18-16-14-12-10-8-6-4-2/h12,14,16,18,44-46,50-51H,3-11,13,15,17,19-43,48H2,1-2H3,(H,49,52)(H,53,54)/b14-12-,18-16-. The quantitative estimate of drug-likeness (QED) is 0.0231. The van der Waals surface area contributed by atoms with Crippen molar-refractivity contribution in [1.29, 1.82) is 0 Å². The Labute approximate surface area is 351 Å². The van der Waals surface area contributed by atoms with Crippen LogP contribution >= 0.6 is 7.82 Å². The number of hydrogen-bond acceptors (Lipinski definition) is 7. The number of carbonyl (C=O) groups excluding carboxylic acids is 1. The molecule has 10 heteroatoms. The SMILES string of the molecule is CCCCC/C=C\C=C/CCCCCCCCCCC(O)CC(=O)NC(COP(=O)(O)OCCN)C(O)CCCCCCCCCCCCCCCCCCCC. The topological polar surface area (TPSA) is 151 Å². The lowest BCUT2D eigenvalue weighted by Crippen LogP contribution is -2.47. The molecule has 0 radical (unpaired) electrons. The van der Waals surface area contributed by atoms with Gasteiger partial charge < -0.3 is 26.2 Å². The molecular weight excluding hydrogens is 735 g/mol. The second-order valence-corrected chi connectivity index (χ2v) is 18.0. The van der Waals surface area contributed by atoms with Crippen LogP contribution in [0.2, 0.25) is 0 Å². The minimum atomic E-state index is -4.38. The second-order valence-electron chi connectivity index (χ2n) is 16.5. The fourth-order valence-corrected chi connectivity index (χ4v) is 7.99. The molecule has 0 aliphatic heterocycles. The molecular formula is C47H93N2O7P. The summed E-state index contributed by atoms with van der Waals surface area (Å²) in [5.74, 6) is -0.415. The van der Waals surface area contributed by atoms with Crippen molar-refractivity contribution in [3.8, 4) is 0 Å². The van der Waals surface area contributed by atoms with Crippen LogP contribution in [0.15, 0.2) is 24.3 Å². The molecule has 4 atom stereocenters. The van der Waals surface area contributed by atoms with Crippen molar-refractivity contribution in [3.63, 3.8) is 0 Å². The van der Waals surface area contributed by atoms with Gasteiger partial charge in [-0.05, 0) is 38.5 Å². The lowest BCUT2D eigenvalue weighted by Gasteiger charge is -2.25. The Morgan fingerprint density at radius 3 is 1.44 bits per heavy atom. The first-order chi connectivity index (χ1) is 27.8.